The van der Waals surface area contributed by atoms with E-state index in [2.05, 4.69) is 60.1 Å². The third-order valence-corrected chi connectivity index (χ3v) is 6.42. The Kier molecular flexibility index (Phi) is 5.58. The molecule has 1 N–H and O–H groups in total. The predicted molar refractivity (Wildman–Crippen MR) is 103 cm³/mol. The SMILES string of the molecule is CNCCSC1=Cc2ccccc2Sc2cc(SC)ccc21. The van der Waals surface area contributed by atoms with Gasteiger partial charge in [-0.3, -0.25) is 0 Å². The van der Waals surface area contributed by atoms with Gasteiger partial charge >= 0.3 is 0 Å². The van der Waals surface area contributed by atoms with E-state index in [-0.39, 0.29) is 0 Å². The van der Waals surface area contributed by atoms with Gasteiger partial charge in [-0.15, -0.1) is 23.5 Å². The molecular formula is C18H19NS3. The van der Waals surface area contributed by atoms with Gasteiger partial charge in [-0.05, 0) is 43.1 Å². The first-order valence-electron chi connectivity index (χ1n) is 7.26. The highest BCUT2D eigenvalue weighted by atomic mass is 32.2. The lowest BCUT2D eigenvalue weighted by Crippen LogP contribution is -2.09. The van der Waals surface area contributed by atoms with Crippen molar-refractivity contribution in [3.05, 3.63) is 53.6 Å². The quantitative estimate of drug-likeness (QED) is 0.581. The van der Waals surface area contributed by atoms with Crippen molar-refractivity contribution >= 4 is 46.3 Å². The number of nitrogens with one attached hydrogen (secondary N) is 1. The van der Waals surface area contributed by atoms with Crippen LogP contribution in [0.3, 0.4) is 0 Å². The van der Waals surface area contributed by atoms with Crippen LogP contribution in [-0.2, 0) is 0 Å². The second-order valence-corrected chi connectivity index (χ2v) is 8.06. The Balaban J connectivity index is 2.04. The van der Waals surface area contributed by atoms with Gasteiger partial charge in [0.25, 0.3) is 0 Å². The van der Waals surface area contributed by atoms with E-state index in [1.54, 1.807) is 11.8 Å². The number of benzene rings is 2. The molecule has 3 rings (SSSR count). The van der Waals surface area contributed by atoms with Crippen molar-refractivity contribution in [2.24, 2.45) is 0 Å². The highest BCUT2D eigenvalue weighted by molar-refractivity contribution is 8.08. The van der Waals surface area contributed by atoms with Gasteiger partial charge in [0.2, 0.25) is 0 Å². The lowest BCUT2D eigenvalue weighted by molar-refractivity contribution is 0.873. The van der Waals surface area contributed by atoms with Crippen molar-refractivity contribution in [3.63, 3.8) is 0 Å². The Morgan fingerprint density at radius 3 is 2.77 bits per heavy atom. The minimum atomic E-state index is 1.02. The van der Waals surface area contributed by atoms with Crippen molar-refractivity contribution in [3.8, 4) is 0 Å². The molecule has 0 atom stereocenters. The average Bonchev–Trinajstić information content (AvgIpc) is 2.70. The summed E-state index contributed by atoms with van der Waals surface area (Å²) in [5, 5.41) is 3.23. The van der Waals surface area contributed by atoms with Gasteiger partial charge < -0.3 is 5.32 Å². The fourth-order valence-electron chi connectivity index (χ4n) is 2.33. The van der Waals surface area contributed by atoms with Crippen LogP contribution in [0.2, 0.25) is 0 Å². The van der Waals surface area contributed by atoms with E-state index in [4.69, 9.17) is 0 Å². The molecule has 114 valence electrons. The van der Waals surface area contributed by atoms with E-state index < -0.39 is 0 Å². The summed E-state index contributed by atoms with van der Waals surface area (Å²) < 4.78 is 0. The fraction of sp³-hybridized carbons (Fsp3) is 0.222. The third-order valence-electron chi connectivity index (χ3n) is 3.49. The summed E-state index contributed by atoms with van der Waals surface area (Å²) in [7, 11) is 2.01. The monoisotopic (exact) mass is 345 g/mol. The third kappa shape index (κ3) is 3.57. The molecular weight excluding hydrogens is 326 g/mol. The van der Waals surface area contributed by atoms with E-state index in [0.29, 0.717) is 0 Å². The molecule has 1 nitrogen and oxygen atoms in total. The number of hydrogen-bond acceptors (Lipinski definition) is 4. The summed E-state index contributed by atoms with van der Waals surface area (Å²) in [5.41, 5.74) is 2.68. The average molecular weight is 346 g/mol. The largest absolute Gasteiger partial charge is 0.319 e. The summed E-state index contributed by atoms with van der Waals surface area (Å²) in [6.07, 6.45) is 4.47. The van der Waals surface area contributed by atoms with Crippen LogP contribution in [-0.4, -0.2) is 25.6 Å². The summed E-state index contributed by atoms with van der Waals surface area (Å²) in [6.45, 7) is 1.02. The smallest absolute Gasteiger partial charge is 0.0217 e. The van der Waals surface area contributed by atoms with E-state index >= 15 is 0 Å². The molecule has 0 amide bonds. The highest BCUT2D eigenvalue weighted by Crippen LogP contribution is 2.44. The molecule has 2 aromatic rings. The van der Waals surface area contributed by atoms with Crippen LogP contribution in [0.5, 0.6) is 0 Å². The van der Waals surface area contributed by atoms with Crippen LogP contribution < -0.4 is 5.32 Å². The predicted octanol–water partition coefficient (Wildman–Crippen LogP) is 5.32. The molecule has 0 unspecified atom stereocenters. The van der Waals surface area contributed by atoms with Crippen LogP contribution in [0, 0.1) is 0 Å². The van der Waals surface area contributed by atoms with E-state index in [9.17, 15) is 0 Å². The first kappa shape index (κ1) is 16.1. The van der Waals surface area contributed by atoms with Gasteiger partial charge in [-0.25, -0.2) is 0 Å². The second kappa shape index (κ2) is 7.64. The highest BCUT2D eigenvalue weighted by Gasteiger charge is 2.16. The van der Waals surface area contributed by atoms with Gasteiger partial charge in [0, 0.05) is 37.5 Å². The summed E-state index contributed by atoms with van der Waals surface area (Å²) in [6, 6.07) is 15.5. The molecule has 2 aromatic carbocycles. The Hall–Kier alpha value is -0.810. The topological polar surface area (TPSA) is 12.0 Å². The maximum Gasteiger partial charge on any atom is 0.0217 e. The molecule has 0 bridgehead atoms. The molecule has 0 fully saturated rings. The van der Waals surface area contributed by atoms with Crippen molar-refractivity contribution in [1.29, 1.82) is 0 Å². The molecule has 0 aromatic heterocycles. The zero-order valence-electron chi connectivity index (χ0n) is 12.8. The Bertz CT molecular complexity index is 694. The zero-order valence-corrected chi connectivity index (χ0v) is 15.2. The second-order valence-electron chi connectivity index (χ2n) is 4.96. The fourth-order valence-corrected chi connectivity index (χ4v) is 5.08. The van der Waals surface area contributed by atoms with Crippen LogP contribution in [0.15, 0.2) is 57.2 Å². The van der Waals surface area contributed by atoms with Crippen molar-refractivity contribution in [2.75, 3.05) is 25.6 Å². The molecule has 0 aliphatic carbocycles. The van der Waals surface area contributed by atoms with E-state index in [1.807, 2.05) is 30.6 Å². The lowest BCUT2D eigenvalue weighted by Gasteiger charge is -2.11. The van der Waals surface area contributed by atoms with E-state index in [1.165, 1.54) is 30.7 Å². The van der Waals surface area contributed by atoms with Crippen LogP contribution in [0.4, 0.5) is 0 Å². The minimum absolute atomic E-state index is 1.02. The summed E-state index contributed by atoms with van der Waals surface area (Å²) in [4.78, 5) is 5.40. The molecule has 0 saturated heterocycles. The first-order valence-corrected chi connectivity index (χ1v) is 10.3. The van der Waals surface area contributed by atoms with Gasteiger partial charge in [-0.2, -0.15) is 0 Å². The van der Waals surface area contributed by atoms with Gasteiger partial charge in [0.05, 0.1) is 0 Å². The normalized spacial score (nSPS) is 13.1. The van der Waals surface area contributed by atoms with E-state index in [0.717, 1.165) is 12.3 Å². The van der Waals surface area contributed by atoms with Gasteiger partial charge in [0.1, 0.15) is 0 Å². The molecule has 22 heavy (non-hydrogen) atoms. The Morgan fingerprint density at radius 2 is 1.95 bits per heavy atom. The van der Waals surface area contributed by atoms with Crippen molar-refractivity contribution < 1.29 is 0 Å². The van der Waals surface area contributed by atoms with Gasteiger partial charge in [0.15, 0.2) is 0 Å². The molecule has 1 aliphatic rings. The maximum atomic E-state index is 3.23. The zero-order chi connectivity index (χ0) is 15.4. The van der Waals surface area contributed by atoms with Crippen LogP contribution in [0.1, 0.15) is 11.1 Å². The number of thioether (sulfide) groups is 2. The standard InChI is InChI=1S/C18H19NS3/c1-19-9-10-21-17-11-13-5-3-4-6-16(13)22-18-12-14(20-2)7-8-15(17)18/h3-8,11-12,19H,9-10H2,1-2H3. The van der Waals surface area contributed by atoms with Crippen molar-refractivity contribution in [1.82, 2.24) is 5.32 Å². The summed E-state index contributed by atoms with van der Waals surface area (Å²) >= 11 is 5.62. The molecule has 0 radical (unpaired) electrons. The number of fused-ring (bicyclic) bond motifs is 2. The molecule has 0 saturated carbocycles. The summed E-state index contributed by atoms with van der Waals surface area (Å²) in [5.74, 6) is 1.08. The first-order chi connectivity index (χ1) is 10.8. The van der Waals surface area contributed by atoms with Crippen LogP contribution >= 0.6 is 35.3 Å². The molecule has 4 heteroatoms. The van der Waals surface area contributed by atoms with Crippen molar-refractivity contribution in [2.45, 2.75) is 14.7 Å². The number of rotatable bonds is 5. The number of hydrogen-bond donors (Lipinski definition) is 1. The van der Waals surface area contributed by atoms with Crippen LogP contribution in [0.25, 0.3) is 11.0 Å². The maximum absolute atomic E-state index is 3.23. The Morgan fingerprint density at radius 1 is 1.09 bits per heavy atom. The van der Waals surface area contributed by atoms with Gasteiger partial charge in [-0.1, -0.05) is 36.0 Å². The lowest BCUT2D eigenvalue weighted by atomic mass is 10.1. The Labute approximate surface area is 145 Å². The molecule has 0 spiro atoms. The minimum Gasteiger partial charge on any atom is -0.319 e. The molecule has 1 aliphatic heterocycles. The molecule has 1 heterocycles.